The Hall–Kier alpha value is -3.38. The van der Waals surface area contributed by atoms with Gasteiger partial charge in [0.1, 0.15) is 5.76 Å². The largest absolute Gasteiger partial charge is 0.454 e. The average molecular weight is 472 g/mol. The fourth-order valence-electron chi connectivity index (χ4n) is 4.32. The number of Topliss-reactive ketones (excluding diaryl/α,β-unsaturated/α-hetero) is 1. The van der Waals surface area contributed by atoms with Gasteiger partial charge in [0.2, 0.25) is 0 Å². The summed E-state index contributed by atoms with van der Waals surface area (Å²) >= 11 is 1.16. The quantitative estimate of drug-likeness (QED) is 0.415. The summed E-state index contributed by atoms with van der Waals surface area (Å²) in [5, 5.41) is 10.9. The number of hydrogen-bond donors (Lipinski definition) is 3. The van der Waals surface area contributed by atoms with Gasteiger partial charge < -0.3 is 14.7 Å². The van der Waals surface area contributed by atoms with Crippen LogP contribution in [0.25, 0.3) is 11.0 Å². The van der Waals surface area contributed by atoms with E-state index in [1.54, 1.807) is 18.3 Å². The van der Waals surface area contributed by atoms with Gasteiger partial charge in [0.05, 0.1) is 41.2 Å². The van der Waals surface area contributed by atoms with Gasteiger partial charge in [0.25, 0.3) is 0 Å². The van der Waals surface area contributed by atoms with Crippen LogP contribution < -0.4 is 5.32 Å². The minimum absolute atomic E-state index is 0.0280. The van der Waals surface area contributed by atoms with Gasteiger partial charge in [0, 0.05) is 17.8 Å². The Morgan fingerprint density at radius 2 is 2.00 bits per heavy atom. The number of fused-ring (bicyclic) bond motifs is 3. The molecule has 1 fully saturated rings. The SMILES string of the molecule is O=C1CNCC2=Nc3[nH]ncc3C(c3ccc(Sc4nc5ccc(C(F)(F)F)cc5[nH]4)o3)C12. The number of aromatic nitrogens is 4. The predicted octanol–water partition coefficient (Wildman–Crippen LogP) is 4.06. The average Bonchev–Trinajstić information content (AvgIpc) is 3.50. The van der Waals surface area contributed by atoms with Crippen molar-refractivity contribution in [2.75, 3.05) is 13.1 Å². The molecule has 0 amide bonds. The summed E-state index contributed by atoms with van der Waals surface area (Å²) in [5.74, 6) is 0.419. The van der Waals surface area contributed by atoms with E-state index in [1.165, 1.54) is 6.07 Å². The van der Waals surface area contributed by atoms with Gasteiger partial charge in [-0.2, -0.15) is 18.3 Å². The van der Waals surface area contributed by atoms with E-state index in [-0.39, 0.29) is 23.8 Å². The number of alkyl halides is 3. The maximum Gasteiger partial charge on any atom is 0.416 e. The van der Waals surface area contributed by atoms with Crippen molar-refractivity contribution in [1.29, 1.82) is 0 Å². The van der Waals surface area contributed by atoms with Gasteiger partial charge in [-0.1, -0.05) is 0 Å². The van der Waals surface area contributed by atoms with E-state index in [1.807, 2.05) is 0 Å². The third-order valence-electron chi connectivity index (χ3n) is 5.78. The number of aromatic amines is 2. The van der Waals surface area contributed by atoms with Crippen molar-refractivity contribution in [3.05, 3.63) is 53.4 Å². The highest BCUT2D eigenvalue weighted by Gasteiger charge is 2.43. The van der Waals surface area contributed by atoms with Gasteiger partial charge >= 0.3 is 6.18 Å². The number of carbonyl (C=O) groups excluding carboxylic acids is 1. The Bertz CT molecular complexity index is 1420. The number of rotatable bonds is 3. The molecular weight excluding hydrogens is 457 g/mol. The molecule has 2 unspecified atom stereocenters. The number of benzene rings is 1. The molecule has 2 aliphatic heterocycles. The van der Waals surface area contributed by atoms with Crippen molar-refractivity contribution >= 4 is 40.1 Å². The smallest absolute Gasteiger partial charge is 0.416 e. The Balaban J connectivity index is 1.31. The summed E-state index contributed by atoms with van der Waals surface area (Å²) in [6.45, 7) is 0.765. The van der Waals surface area contributed by atoms with Crippen molar-refractivity contribution in [1.82, 2.24) is 25.5 Å². The van der Waals surface area contributed by atoms with Crippen molar-refractivity contribution < 1.29 is 22.4 Å². The van der Waals surface area contributed by atoms with Gasteiger partial charge in [-0.3, -0.25) is 9.89 Å². The summed E-state index contributed by atoms with van der Waals surface area (Å²) in [6, 6.07) is 6.92. The second kappa shape index (κ2) is 7.32. The second-order valence-corrected chi connectivity index (χ2v) is 8.83. The molecule has 3 N–H and O–H groups in total. The Labute approximate surface area is 188 Å². The summed E-state index contributed by atoms with van der Waals surface area (Å²) in [4.78, 5) is 24.5. The molecule has 0 radical (unpaired) electrons. The zero-order chi connectivity index (χ0) is 22.7. The molecule has 4 aromatic rings. The first-order valence-corrected chi connectivity index (χ1v) is 10.9. The number of carbonyl (C=O) groups is 1. The normalized spacial score (nSPS) is 20.6. The van der Waals surface area contributed by atoms with Crippen LogP contribution in [0.2, 0.25) is 0 Å². The van der Waals surface area contributed by atoms with Gasteiger partial charge in [-0.25, -0.2) is 9.98 Å². The number of nitrogens with zero attached hydrogens (tertiary/aromatic N) is 3. The molecule has 0 saturated carbocycles. The molecule has 5 heterocycles. The fourth-order valence-corrected chi connectivity index (χ4v) is 5.09. The van der Waals surface area contributed by atoms with E-state index >= 15 is 0 Å². The number of H-pyrrole nitrogens is 2. The van der Waals surface area contributed by atoms with Crippen LogP contribution >= 0.6 is 11.8 Å². The third kappa shape index (κ3) is 3.45. The third-order valence-corrected chi connectivity index (χ3v) is 6.58. The van der Waals surface area contributed by atoms with Crippen molar-refractivity contribution in [3.63, 3.8) is 0 Å². The number of furan rings is 1. The zero-order valence-corrected chi connectivity index (χ0v) is 17.5. The van der Waals surface area contributed by atoms with Crippen LogP contribution in [0.5, 0.6) is 0 Å². The van der Waals surface area contributed by atoms with Crippen LogP contribution in [0.1, 0.15) is 22.8 Å². The lowest BCUT2D eigenvalue weighted by Gasteiger charge is -2.32. The predicted molar refractivity (Wildman–Crippen MR) is 113 cm³/mol. The molecule has 2 aliphatic rings. The molecule has 1 saturated heterocycles. The first kappa shape index (κ1) is 20.2. The van der Waals surface area contributed by atoms with Crippen LogP contribution in [0.15, 0.2) is 56.2 Å². The lowest BCUT2D eigenvalue weighted by molar-refractivity contribution is -0.137. The molecule has 3 aromatic heterocycles. The number of aliphatic imine (C=N–C) groups is 1. The van der Waals surface area contributed by atoms with Crippen LogP contribution in [-0.4, -0.2) is 44.7 Å². The number of halogens is 3. The van der Waals surface area contributed by atoms with Crippen LogP contribution in [-0.2, 0) is 11.0 Å². The van der Waals surface area contributed by atoms with Gasteiger partial charge in [-0.05, 0) is 42.1 Å². The zero-order valence-electron chi connectivity index (χ0n) is 16.7. The van der Waals surface area contributed by atoms with Crippen LogP contribution in [0, 0.1) is 5.92 Å². The van der Waals surface area contributed by atoms with Gasteiger partial charge in [0.15, 0.2) is 21.8 Å². The molecular formula is C21H15F3N6O2S. The number of ketones is 1. The van der Waals surface area contributed by atoms with Crippen molar-refractivity contribution in [2.24, 2.45) is 10.9 Å². The number of imidazole rings is 1. The summed E-state index contributed by atoms with van der Waals surface area (Å²) < 4.78 is 45.0. The lowest BCUT2D eigenvalue weighted by Crippen LogP contribution is -2.48. The first-order valence-electron chi connectivity index (χ1n) is 10.1. The minimum Gasteiger partial charge on any atom is -0.454 e. The Kier molecular flexibility index (Phi) is 4.49. The molecule has 0 spiro atoms. The summed E-state index contributed by atoms with van der Waals surface area (Å²) in [7, 11) is 0. The standard InChI is InChI=1S/C21H15F3N6O2S/c22-21(23,24)9-1-2-11-12(5-9)29-20(28-11)33-16-4-3-15(32-16)17-10-6-26-30-19(10)27-13-7-25-8-14(31)18(13)17/h1-6,17-18,25H,7-8H2,(H,26,30)(H,28,29). The highest BCUT2D eigenvalue weighted by atomic mass is 32.2. The Morgan fingerprint density at radius 1 is 1.12 bits per heavy atom. The first-order chi connectivity index (χ1) is 15.9. The second-order valence-electron chi connectivity index (χ2n) is 7.83. The van der Waals surface area contributed by atoms with E-state index in [4.69, 9.17) is 4.42 Å². The molecule has 1 aromatic carbocycles. The molecule has 2 atom stereocenters. The minimum atomic E-state index is -4.43. The van der Waals surface area contributed by atoms with Crippen molar-refractivity contribution in [2.45, 2.75) is 22.3 Å². The Morgan fingerprint density at radius 3 is 2.85 bits per heavy atom. The number of piperidine rings is 1. The highest BCUT2D eigenvalue weighted by Crippen LogP contribution is 2.44. The lowest BCUT2D eigenvalue weighted by atomic mass is 9.76. The van der Waals surface area contributed by atoms with E-state index in [2.05, 4.69) is 30.5 Å². The molecule has 8 nitrogen and oxygen atoms in total. The molecule has 33 heavy (non-hydrogen) atoms. The van der Waals surface area contributed by atoms with E-state index in [9.17, 15) is 18.0 Å². The summed E-state index contributed by atoms with van der Waals surface area (Å²) in [6.07, 6.45) is -2.77. The van der Waals surface area contributed by atoms with E-state index in [0.29, 0.717) is 33.9 Å². The maximum atomic E-state index is 13.0. The topological polar surface area (TPSA) is 112 Å². The molecule has 12 heteroatoms. The molecule has 6 rings (SSSR count). The van der Waals surface area contributed by atoms with E-state index in [0.717, 1.165) is 35.2 Å². The van der Waals surface area contributed by atoms with E-state index < -0.39 is 17.7 Å². The number of hydrogen-bond acceptors (Lipinski definition) is 7. The van der Waals surface area contributed by atoms with Crippen molar-refractivity contribution in [3.8, 4) is 0 Å². The van der Waals surface area contributed by atoms with Crippen LogP contribution in [0.3, 0.4) is 0 Å². The fraction of sp³-hybridized carbons (Fsp3) is 0.238. The number of nitrogens with one attached hydrogen (secondary N) is 3. The van der Waals surface area contributed by atoms with Crippen LogP contribution in [0.4, 0.5) is 19.0 Å². The molecule has 168 valence electrons. The maximum absolute atomic E-state index is 13.0. The highest BCUT2D eigenvalue weighted by molar-refractivity contribution is 7.99. The molecule has 0 aliphatic carbocycles. The van der Waals surface area contributed by atoms with Gasteiger partial charge in [-0.15, -0.1) is 0 Å². The monoisotopic (exact) mass is 472 g/mol. The molecule has 0 bridgehead atoms. The summed E-state index contributed by atoms with van der Waals surface area (Å²) in [5.41, 5.74) is 1.49.